The van der Waals surface area contributed by atoms with Crippen LogP contribution in [-0.4, -0.2) is 20.6 Å². The molecule has 6 nitrogen and oxygen atoms in total. The summed E-state index contributed by atoms with van der Waals surface area (Å²) < 4.78 is 8.20. The van der Waals surface area contributed by atoms with Crippen LogP contribution in [0.2, 0.25) is 0 Å². The molecule has 0 aliphatic rings. The van der Waals surface area contributed by atoms with Crippen molar-refractivity contribution in [2.75, 3.05) is 0 Å². The van der Waals surface area contributed by atoms with E-state index in [2.05, 4.69) is 31.4 Å². The highest BCUT2D eigenvalue weighted by Crippen LogP contribution is 2.23. The number of amides is 1. The highest BCUT2D eigenvalue weighted by molar-refractivity contribution is 9.10. The Bertz CT molecular complexity index is 1130. The molecule has 2 heterocycles. The number of hydrogen-bond acceptors (Lipinski definition) is 4. The van der Waals surface area contributed by atoms with E-state index in [1.165, 1.54) is 5.56 Å². The average molecular weight is 451 g/mol. The minimum Gasteiger partial charge on any atom is -0.350 e. The molecular weight excluding hydrogens is 432 g/mol. The number of nitrogens with zero attached hydrogens (tertiary/aromatic N) is 3. The van der Waals surface area contributed by atoms with Gasteiger partial charge in [0.05, 0.1) is 0 Å². The molecule has 4 aromatic rings. The normalized spacial score (nSPS) is 10.8. The van der Waals surface area contributed by atoms with Crippen molar-refractivity contribution in [3.63, 3.8) is 0 Å². The van der Waals surface area contributed by atoms with Crippen molar-refractivity contribution >= 4 is 21.8 Å². The van der Waals surface area contributed by atoms with E-state index in [4.69, 9.17) is 4.52 Å². The number of nitrogens with one attached hydrogen (secondary N) is 1. The Labute approximate surface area is 176 Å². The van der Waals surface area contributed by atoms with Gasteiger partial charge < -0.3 is 14.4 Å². The Morgan fingerprint density at radius 1 is 1.10 bits per heavy atom. The number of carbonyl (C=O) groups is 1. The molecule has 0 atom stereocenters. The average Bonchev–Trinajstić information content (AvgIpc) is 3.37. The van der Waals surface area contributed by atoms with E-state index in [1.54, 1.807) is 4.57 Å². The van der Waals surface area contributed by atoms with Crippen molar-refractivity contribution in [2.45, 2.75) is 20.0 Å². The van der Waals surface area contributed by atoms with Gasteiger partial charge in [-0.05, 0) is 30.7 Å². The van der Waals surface area contributed by atoms with E-state index < -0.39 is 0 Å². The summed E-state index contributed by atoms with van der Waals surface area (Å²) in [5, 5.41) is 7.01. The van der Waals surface area contributed by atoms with Gasteiger partial charge in [-0.1, -0.05) is 69.1 Å². The van der Waals surface area contributed by atoms with Crippen LogP contribution in [-0.2, 0) is 17.9 Å². The summed E-state index contributed by atoms with van der Waals surface area (Å²) in [6.07, 6.45) is 1.82. The predicted octanol–water partition coefficient (Wildman–Crippen LogP) is 4.59. The lowest BCUT2D eigenvalue weighted by Crippen LogP contribution is -2.27. The molecule has 2 aromatic heterocycles. The first-order chi connectivity index (χ1) is 14.1. The number of aromatic nitrogens is 3. The molecule has 0 aliphatic heterocycles. The molecule has 4 rings (SSSR count). The molecule has 0 unspecified atom stereocenters. The number of benzene rings is 2. The second-order valence-corrected chi connectivity index (χ2v) is 7.53. The largest absolute Gasteiger partial charge is 0.350 e. The molecule has 146 valence electrons. The van der Waals surface area contributed by atoms with Gasteiger partial charge in [0.25, 0.3) is 5.89 Å². The number of carbonyl (C=O) groups excluding carboxylic acids is 1. The summed E-state index contributed by atoms with van der Waals surface area (Å²) in [5.41, 5.74) is 3.77. The van der Waals surface area contributed by atoms with Gasteiger partial charge in [-0.15, -0.1) is 0 Å². The highest BCUT2D eigenvalue weighted by atomic mass is 79.9. The van der Waals surface area contributed by atoms with Crippen LogP contribution in [0.5, 0.6) is 0 Å². The third kappa shape index (κ3) is 4.46. The van der Waals surface area contributed by atoms with E-state index >= 15 is 0 Å². The minimum atomic E-state index is -0.100. The number of halogens is 1. The van der Waals surface area contributed by atoms with Crippen molar-refractivity contribution in [1.29, 1.82) is 0 Å². The van der Waals surface area contributed by atoms with Crippen LogP contribution >= 0.6 is 15.9 Å². The zero-order valence-electron chi connectivity index (χ0n) is 15.8. The third-order valence-corrected chi connectivity index (χ3v) is 5.31. The van der Waals surface area contributed by atoms with Crippen molar-refractivity contribution in [3.05, 3.63) is 82.5 Å². The standard InChI is InChI=1S/C22H19BrN4O2/c1-15-8-10-16(11-9-15)21-25-22(29-26-21)19-7-4-12-27(19)14-20(28)24-13-17-5-2-3-6-18(17)23/h2-12H,13-14H2,1H3,(H,24,28). The van der Waals surface area contributed by atoms with Crippen LogP contribution in [0.4, 0.5) is 0 Å². The maximum absolute atomic E-state index is 12.4. The van der Waals surface area contributed by atoms with Crippen LogP contribution in [0.1, 0.15) is 11.1 Å². The van der Waals surface area contributed by atoms with E-state index in [0.29, 0.717) is 24.0 Å². The predicted molar refractivity (Wildman–Crippen MR) is 114 cm³/mol. The quantitative estimate of drug-likeness (QED) is 0.466. The summed E-state index contributed by atoms with van der Waals surface area (Å²) in [6, 6.07) is 19.4. The molecule has 0 fully saturated rings. The SMILES string of the molecule is Cc1ccc(-c2noc(-c3cccn3CC(=O)NCc3ccccc3Br)n2)cc1. The van der Waals surface area contributed by atoms with Crippen LogP contribution in [0.3, 0.4) is 0 Å². The summed E-state index contributed by atoms with van der Waals surface area (Å²) >= 11 is 3.49. The maximum Gasteiger partial charge on any atom is 0.274 e. The Morgan fingerprint density at radius 3 is 2.69 bits per heavy atom. The zero-order chi connectivity index (χ0) is 20.2. The van der Waals surface area contributed by atoms with Gasteiger partial charge in [-0.2, -0.15) is 4.98 Å². The Morgan fingerprint density at radius 2 is 1.90 bits per heavy atom. The molecule has 0 bridgehead atoms. The molecule has 29 heavy (non-hydrogen) atoms. The fraction of sp³-hybridized carbons (Fsp3) is 0.136. The van der Waals surface area contributed by atoms with Crippen LogP contribution in [0, 0.1) is 6.92 Å². The van der Waals surface area contributed by atoms with Crippen molar-refractivity contribution < 1.29 is 9.32 Å². The van der Waals surface area contributed by atoms with E-state index in [1.807, 2.05) is 73.8 Å². The van der Waals surface area contributed by atoms with E-state index in [-0.39, 0.29) is 12.5 Å². The number of hydrogen-bond donors (Lipinski definition) is 1. The van der Waals surface area contributed by atoms with Gasteiger partial charge in [-0.25, -0.2) is 0 Å². The van der Waals surface area contributed by atoms with Crippen LogP contribution < -0.4 is 5.32 Å². The molecule has 1 N–H and O–H groups in total. The molecule has 0 saturated heterocycles. The second-order valence-electron chi connectivity index (χ2n) is 6.68. The molecular formula is C22H19BrN4O2. The summed E-state index contributed by atoms with van der Waals surface area (Å²) in [4.78, 5) is 16.9. The van der Waals surface area contributed by atoms with Crippen LogP contribution in [0.15, 0.2) is 75.9 Å². The zero-order valence-corrected chi connectivity index (χ0v) is 17.4. The van der Waals surface area contributed by atoms with Crippen molar-refractivity contribution in [3.8, 4) is 23.0 Å². The van der Waals surface area contributed by atoms with Gasteiger partial charge in [0.15, 0.2) is 0 Å². The fourth-order valence-electron chi connectivity index (χ4n) is 2.94. The molecule has 0 aliphatic carbocycles. The Hall–Kier alpha value is -3.19. The molecule has 2 aromatic carbocycles. The summed E-state index contributed by atoms with van der Waals surface area (Å²) in [6.45, 7) is 2.64. The highest BCUT2D eigenvalue weighted by Gasteiger charge is 2.15. The monoisotopic (exact) mass is 450 g/mol. The van der Waals surface area contributed by atoms with Crippen molar-refractivity contribution in [1.82, 2.24) is 20.0 Å². The van der Waals surface area contributed by atoms with Crippen LogP contribution in [0.25, 0.3) is 23.0 Å². The first-order valence-electron chi connectivity index (χ1n) is 9.16. The summed E-state index contributed by atoms with van der Waals surface area (Å²) in [5.74, 6) is 0.798. The van der Waals surface area contributed by atoms with Gasteiger partial charge in [-0.3, -0.25) is 4.79 Å². The van der Waals surface area contributed by atoms with Gasteiger partial charge in [0, 0.05) is 22.8 Å². The maximum atomic E-state index is 12.4. The van der Waals surface area contributed by atoms with Crippen molar-refractivity contribution in [2.24, 2.45) is 0 Å². The first-order valence-corrected chi connectivity index (χ1v) is 9.96. The van der Waals surface area contributed by atoms with E-state index in [0.717, 1.165) is 15.6 Å². The minimum absolute atomic E-state index is 0.100. The molecule has 7 heteroatoms. The first kappa shape index (κ1) is 19.1. The van der Waals surface area contributed by atoms with Gasteiger partial charge in [0.2, 0.25) is 11.7 Å². The number of rotatable bonds is 6. The lowest BCUT2D eigenvalue weighted by atomic mass is 10.1. The van der Waals surface area contributed by atoms with Gasteiger partial charge in [0.1, 0.15) is 12.2 Å². The molecule has 0 spiro atoms. The van der Waals surface area contributed by atoms with E-state index in [9.17, 15) is 4.79 Å². The smallest absolute Gasteiger partial charge is 0.274 e. The van der Waals surface area contributed by atoms with Gasteiger partial charge >= 0.3 is 0 Å². The molecule has 0 radical (unpaired) electrons. The third-order valence-electron chi connectivity index (χ3n) is 4.53. The topological polar surface area (TPSA) is 73.0 Å². The Kier molecular flexibility index (Phi) is 5.57. The lowest BCUT2D eigenvalue weighted by Gasteiger charge is -2.09. The lowest BCUT2D eigenvalue weighted by molar-refractivity contribution is -0.121. The fourth-order valence-corrected chi connectivity index (χ4v) is 3.36. The molecule has 0 saturated carbocycles. The summed E-state index contributed by atoms with van der Waals surface area (Å²) in [7, 11) is 0. The second kappa shape index (κ2) is 8.45. The molecule has 1 amide bonds. The Balaban J connectivity index is 1.45. The number of aryl methyl sites for hydroxylation is 1.